The quantitative estimate of drug-likeness (QED) is 0.230. The lowest BCUT2D eigenvalue weighted by Gasteiger charge is -2.26. The van der Waals surface area contributed by atoms with Crippen molar-refractivity contribution in [1.82, 2.24) is 10.3 Å². The van der Waals surface area contributed by atoms with Crippen LogP contribution in [0.1, 0.15) is 23.7 Å². The Hall–Kier alpha value is -3.08. The number of H-pyrrole nitrogens is 1. The summed E-state index contributed by atoms with van der Waals surface area (Å²) in [5.41, 5.74) is 1.83. The maximum absolute atomic E-state index is 11.4. The number of carboxylic acid groups (broad SMARTS) is 1. The van der Waals surface area contributed by atoms with Crippen molar-refractivity contribution in [3.8, 4) is 5.75 Å². The zero-order valence-corrected chi connectivity index (χ0v) is 18.9. The number of carboxylic acids is 1. The average molecular weight is 462 g/mol. The summed E-state index contributed by atoms with van der Waals surface area (Å²) in [6.07, 6.45) is 0.989. The summed E-state index contributed by atoms with van der Waals surface area (Å²) in [6, 6.07) is 12.0. The normalized spacial score (nSPS) is 13.6. The first-order valence-corrected chi connectivity index (χ1v) is 11.9. The van der Waals surface area contributed by atoms with Crippen LogP contribution in [0.2, 0.25) is 0 Å². The second-order valence-corrected chi connectivity index (χ2v) is 9.56. The van der Waals surface area contributed by atoms with Gasteiger partial charge in [-0.2, -0.15) is 0 Å². The Balaban J connectivity index is 1.60. The fourth-order valence-electron chi connectivity index (χ4n) is 3.46. The average Bonchev–Trinajstić information content (AvgIpc) is 2.98. The highest BCUT2D eigenvalue weighted by Crippen LogP contribution is 2.26. The van der Waals surface area contributed by atoms with Crippen LogP contribution in [-0.2, 0) is 27.0 Å². The van der Waals surface area contributed by atoms with Gasteiger partial charge < -0.3 is 19.9 Å². The van der Waals surface area contributed by atoms with Gasteiger partial charge in [-0.25, -0.2) is 8.42 Å². The third-order valence-corrected chi connectivity index (χ3v) is 5.64. The highest BCUT2D eigenvalue weighted by Gasteiger charge is 2.22. The highest BCUT2D eigenvalue weighted by atomic mass is 32.2. The van der Waals surface area contributed by atoms with Gasteiger partial charge in [0.05, 0.1) is 12.7 Å². The Bertz CT molecular complexity index is 1230. The van der Waals surface area contributed by atoms with Crippen molar-refractivity contribution in [2.75, 3.05) is 24.1 Å². The van der Waals surface area contributed by atoms with Crippen LogP contribution in [0.3, 0.4) is 0 Å². The summed E-state index contributed by atoms with van der Waals surface area (Å²) in [6.45, 7) is 4.04. The Morgan fingerprint density at radius 3 is 2.66 bits per heavy atom. The van der Waals surface area contributed by atoms with Crippen molar-refractivity contribution in [1.29, 1.82) is 0 Å². The molecule has 9 nitrogen and oxygen atoms in total. The third-order valence-electron chi connectivity index (χ3n) is 5.03. The summed E-state index contributed by atoms with van der Waals surface area (Å²) < 4.78 is 31.0. The second kappa shape index (κ2) is 9.19. The van der Waals surface area contributed by atoms with Gasteiger partial charge in [0, 0.05) is 40.5 Å². The van der Waals surface area contributed by atoms with Gasteiger partial charge in [-0.15, -0.1) is 0 Å². The van der Waals surface area contributed by atoms with E-state index in [-0.39, 0.29) is 13.0 Å². The van der Waals surface area contributed by atoms with E-state index >= 15 is 0 Å². The number of hydrogen-bond acceptors (Lipinski definition) is 6. The molecular formula is C22H27N3O6S. The Morgan fingerprint density at radius 2 is 1.97 bits per heavy atom. The number of rotatable bonds is 10. The van der Waals surface area contributed by atoms with Crippen molar-refractivity contribution >= 4 is 32.6 Å². The molecule has 0 spiro atoms. The van der Waals surface area contributed by atoms with Crippen molar-refractivity contribution < 1.29 is 28.2 Å². The van der Waals surface area contributed by atoms with Gasteiger partial charge in [0.1, 0.15) is 18.1 Å². The fraction of sp³-hybridized carbons (Fsp3) is 0.318. The minimum Gasteiger partial charge on any atom is -0.492 e. The van der Waals surface area contributed by atoms with Gasteiger partial charge in [-0.05, 0) is 43.7 Å². The van der Waals surface area contributed by atoms with Gasteiger partial charge in [0.2, 0.25) is 10.0 Å². The van der Waals surface area contributed by atoms with Crippen LogP contribution in [-0.4, -0.2) is 49.0 Å². The Kier molecular flexibility index (Phi) is 6.77. The maximum Gasteiger partial charge on any atom is 0.309 e. The van der Waals surface area contributed by atoms with Crippen LogP contribution in [0, 0.1) is 6.92 Å². The van der Waals surface area contributed by atoms with Crippen molar-refractivity contribution in [3.05, 3.63) is 59.3 Å². The van der Waals surface area contributed by atoms with E-state index in [0.717, 1.165) is 22.7 Å². The molecule has 32 heavy (non-hydrogen) atoms. The van der Waals surface area contributed by atoms with Crippen LogP contribution < -0.4 is 14.8 Å². The van der Waals surface area contributed by atoms with Gasteiger partial charge in [-0.1, -0.05) is 12.1 Å². The first-order valence-electron chi connectivity index (χ1n) is 9.96. The first kappa shape index (κ1) is 23.6. The first-order chi connectivity index (χ1) is 14.9. The molecule has 5 N–H and O–H groups in total. The van der Waals surface area contributed by atoms with Crippen LogP contribution in [0.5, 0.6) is 5.75 Å². The number of benzene rings is 2. The summed E-state index contributed by atoms with van der Waals surface area (Å²) in [4.78, 5) is 14.1. The number of carbonyl (C=O) groups is 1. The van der Waals surface area contributed by atoms with E-state index in [4.69, 9.17) is 9.84 Å². The molecule has 10 heteroatoms. The summed E-state index contributed by atoms with van der Waals surface area (Å²) >= 11 is 0. The zero-order chi connectivity index (χ0) is 23.5. The second-order valence-electron chi connectivity index (χ2n) is 7.81. The SMILES string of the molecule is Cc1c(CC(=O)O)[nH]c2cc(OCCNC(C)(O)c3cccc(NS(C)(=O)=O)c3)ccc12. The van der Waals surface area contributed by atoms with E-state index in [0.29, 0.717) is 29.2 Å². The Morgan fingerprint density at radius 1 is 1.22 bits per heavy atom. The largest absolute Gasteiger partial charge is 0.492 e. The lowest BCUT2D eigenvalue weighted by molar-refractivity contribution is -0.136. The number of nitrogens with one attached hydrogen (secondary N) is 3. The highest BCUT2D eigenvalue weighted by molar-refractivity contribution is 7.92. The number of aromatic amines is 1. The maximum atomic E-state index is 11.4. The van der Waals surface area contributed by atoms with Crippen LogP contribution >= 0.6 is 0 Å². The third kappa shape index (κ3) is 6.00. The van der Waals surface area contributed by atoms with E-state index in [1.807, 2.05) is 25.1 Å². The van der Waals surface area contributed by atoms with E-state index in [1.54, 1.807) is 31.2 Å². The molecule has 3 aromatic rings. The molecule has 172 valence electrons. The fourth-order valence-corrected chi connectivity index (χ4v) is 4.01. The number of aliphatic carboxylic acids is 1. The van der Waals surface area contributed by atoms with E-state index in [2.05, 4.69) is 15.0 Å². The summed E-state index contributed by atoms with van der Waals surface area (Å²) in [5.74, 6) is -0.284. The smallest absolute Gasteiger partial charge is 0.309 e. The lowest BCUT2D eigenvalue weighted by Crippen LogP contribution is -2.41. The van der Waals surface area contributed by atoms with Gasteiger partial charge in [0.25, 0.3) is 0 Å². The Labute approximate surface area is 186 Å². The number of fused-ring (bicyclic) bond motifs is 1. The molecular weight excluding hydrogens is 434 g/mol. The molecule has 3 rings (SSSR count). The van der Waals surface area contributed by atoms with Gasteiger partial charge in [-0.3, -0.25) is 14.8 Å². The monoisotopic (exact) mass is 461 g/mol. The predicted molar refractivity (Wildman–Crippen MR) is 122 cm³/mol. The van der Waals surface area contributed by atoms with E-state index in [9.17, 15) is 18.3 Å². The zero-order valence-electron chi connectivity index (χ0n) is 18.1. The van der Waals surface area contributed by atoms with Crippen molar-refractivity contribution in [2.24, 2.45) is 0 Å². The predicted octanol–water partition coefficient (Wildman–Crippen LogP) is 2.31. The number of aromatic nitrogens is 1. The molecule has 1 heterocycles. The molecule has 0 aliphatic rings. The molecule has 0 saturated heterocycles. The molecule has 2 aromatic carbocycles. The number of aryl methyl sites for hydroxylation is 1. The van der Waals surface area contributed by atoms with Crippen LogP contribution in [0.15, 0.2) is 42.5 Å². The van der Waals surface area contributed by atoms with Crippen molar-refractivity contribution in [2.45, 2.75) is 26.0 Å². The standard InChI is InChI=1S/C22H27N3O6S/c1-14-18-8-7-17(12-20(18)24-19(14)13-21(26)27)31-10-9-23-22(2,28)15-5-4-6-16(11-15)25-32(3,29)30/h4-8,11-12,23-25,28H,9-10,13H2,1-3H3,(H,26,27). The van der Waals surface area contributed by atoms with Gasteiger partial charge >= 0.3 is 5.97 Å². The van der Waals surface area contributed by atoms with Crippen LogP contribution in [0.4, 0.5) is 5.69 Å². The number of sulfonamides is 1. The summed E-state index contributed by atoms with van der Waals surface area (Å²) in [7, 11) is -3.42. The molecule has 0 saturated carbocycles. The molecule has 0 amide bonds. The molecule has 0 bridgehead atoms. The molecule has 0 aliphatic carbocycles. The number of aliphatic hydroxyl groups is 1. The van der Waals surface area contributed by atoms with Gasteiger partial charge in [0.15, 0.2) is 0 Å². The molecule has 0 radical (unpaired) electrons. The number of anilines is 1. The van der Waals surface area contributed by atoms with E-state index < -0.39 is 21.7 Å². The lowest BCUT2D eigenvalue weighted by atomic mass is 10.0. The molecule has 0 aliphatic heterocycles. The van der Waals surface area contributed by atoms with Crippen LogP contribution in [0.25, 0.3) is 10.9 Å². The molecule has 0 fully saturated rings. The molecule has 1 atom stereocenters. The molecule has 1 unspecified atom stereocenters. The number of ether oxygens (including phenoxy) is 1. The topological polar surface area (TPSA) is 141 Å². The number of hydrogen-bond donors (Lipinski definition) is 5. The van der Waals surface area contributed by atoms with E-state index in [1.165, 1.54) is 0 Å². The molecule has 1 aromatic heterocycles. The minimum absolute atomic E-state index is 0.0728. The van der Waals surface area contributed by atoms with Crippen molar-refractivity contribution in [3.63, 3.8) is 0 Å². The minimum atomic E-state index is -3.42. The summed E-state index contributed by atoms with van der Waals surface area (Å²) in [5, 5.41) is 23.7.